The quantitative estimate of drug-likeness (QED) is 0.623. The van der Waals surface area contributed by atoms with Crippen LogP contribution >= 0.6 is 0 Å². The van der Waals surface area contributed by atoms with Crippen molar-refractivity contribution in [3.8, 4) is 0 Å². The third-order valence-corrected chi connectivity index (χ3v) is 1.95. The van der Waals surface area contributed by atoms with E-state index in [0.717, 1.165) is 31.6 Å². The fourth-order valence-corrected chi connectivity index (χ4v) is 1.34. The summed E-state index contributed by atoms with van der Waals surface area (Å²) in [5.41, 5.74) is 0. The van der Waals surface area contributed by atoms with Crippen LogP contribution in [0.25, 0.3) is 0 Å². The van der Waals surface area contributed by atoms with E-state index in [1.54, 1.807) is 7.11 Å². The van der Waals surface area contributed by atoms with Crippen molar-refractivity contribution in [3.05, 3.63) is 11.8 Å². The number of allylic oxidation sites excluding steroid dienone is 1. The normalized spacial score (nSPS) is 24.5. The van der Waals surface area contributed by atoms with E-state index < -0.39 is 0 Å². The van der Waals surface area contributed by atoms with Gasteiger partial charge in [0.05, 0.1) is 18.5 Å². The van der Waals surface area contributed by atoms with Gasteiger partial charge in [-0.1, -0.05) is 0 Å². The van der Waals surface area contributed by atoms with Gasteiger partial charge in [0.25, 0.3) is 0 Å². The molecule has 1 unspecified atom stereocenters. The van der Waals surface area contributed by atoms with Crippen LogP contribution in [0.3, 0.4) is 0 Å². The van der Waals surface area contributed by atoms with Gasteiger partial charge in [0.1, 0.15) is 0 Å². The fraction of sp³-hybridized carbons (Fsp3) is 0.778. The Morgan fingerprint density at radius 3 is 3.09 bits per heavy atom. The van der Waals surface area contributed by atoms with Crippen LogP contribution in [0.2, 0.25) is 0 Å². The highest BCUT2D eigenvalue weighted by atomic mass is 16.5. The second kappa shape index (κ2) is 4.39. The minimum absolute atomic E-state index is 0.376. The lowest BCUT2D eigenvalue weighted by Gasteiger charge is -2.21. The van der Waals surface area contributed by atoms with E-state index in [4.69, 9.17) is 9.47 Å². The van der Waals surface area contributed by atoms with Gasteiger partial charge in [-0.15, -0.1) is 0 Å². The largest absolute Gasteiger partial charge is 0.498 e. The van der Waals surface area contributed by atoms with E-state index in [2.05, 4.69) is 6.08 Å². The zero-order chi connectivity index (χ0) is 8.10. The predicted octanol–water partition coefficient (Wildman–Crippen LogP) is 2.11. The van der Waals surface area contributed by atoms with E-state index in [0.29, 0.717) is 6.10 Å². The minimum Gasteiger partial charge on any atom is -0.498 e. The first-order chi connectivity index (χ1) is 5.36. The van der Waals surface area contributed by atoms with Crippen molar-refractivity contribution in [3.63, 3.8) is 0 Å². The molecule has 0 aromatic rings. The third-order valence-electron chi connectivity index (χ3n) is 1.95. The SMILES string of the molecule is CCOC1=CCCC(OC)C1. The van der Waals surface area contributed by atoms with Gasteiger partial charge in [0, 0.05) is 13.5 Å². The van der Waals surface area contributed by atoms with Gasteiger partial charge >= 0.3 is 0 Å². The summed E-state index contributed by atoms with van der Waals surface area (Å²) in [6, 6.07) is 0. The van der Waals surface area contributed by atoms with Crippen molar-refractivity contribution in [2.75, 3.05) is 13.7 Å². The maximum Gasteiger partial charge on any atom is 0.0945 e. The lowest BCUT2D eigenvalue weighted by Crippen LogP contribution is -2.15. The molecule has 1 aliphatic carbocycles. The minimum atomic E-state index is 0.376. The summed E-state index contributed by atoms with van der Waals surface area (Å²) in [6.45, 7) is 2.78. The Balaban J connectivity index is 2.35. The van der Waals surface area contributed by atoms with Crippen molar-refractivity contribution < 1.29 is 9.47 Å². The summed E-state index contributed by atoms with van der Waals surface area (Å²) in [5, 5.41) is 0. The topological polar surface area (TPSA) is 18.5 Å². The number of hydrogen-bond acceptors (Lipinski definition) is 2. The molecule has 0 aromatic heterocycles. The summed E-state index contributed by atoms with van der Waals surface area (Å²) in [6.07, 6.45) is 5.71. The monoisotopic (exact) mass is 156 g/mol. The number of rotatable bonds is 3. The average molecular weight is 156 g/mol. The molecule has 11 heavy (non-hydrogen) atoms. The van der Waals surface area contributed by atoms with Crippen LogP contribution < -0.4 is 0 Å². The lowest BCUT2D eigenvalue weighted by atomic mass is 10.0. The standard InChI is InChI=1S/C9H16O2/c1-3-11-9-6-4-5-8(7-9)10-2/h6,8H,3-5,7H2,1-2H3. The van der Waals surface area contributed by atoms with Crippen molar-refractivity contribution >= 4 is 0 Å². The fourth-order valence-electron chi connectivity index (χ4n) is 1.34. The van der Waals surface area contributed by atoms with Crippen LogP contribution in [-0.4, -0.2) is 19.8 Å². The summed E-state index contributed by atoms with van der Waals surface area (Å²) in [4.78, 5) is 0. The van der Waals surface area contributed by atoms with Crippen molar-refractivity contribution in [1.82, 2.24) is 0 Å². The highest BCUT2D eigenvalue weighted by Gasteiger charge is 2.14. The Morgan fingerprint density at radius 2 is 2.45 bits per heavy atom. The van der Waals surface area contributed by atoms with Crippen LogP contribution in [0.4, 0.5) is 0 Å². The van der Waals surface area contributed by atoms with Gasteiger partial charge in [-0.25, -0.2) is 0 Å². The Kier molecular flexibility index (Phi) is 3.43. The molecule has 0 saturated heterocycles. The summed E-state index contributed by atoms with van der Waals surface area (Å²) >= 11 is 0. The van der Waals surface area contributed by atoms with Gasteiger partial charge in [-0.3, -0.25) is 0 Å². The van der Waals surface area contributed by atoms with E-state index in [9.17, 15) is 0 Å². The highest BCUT2D eigenvalue weighted by molar-refractivity contribution is 4.99. The predicted molar refractivity (Wildman–Crippen MR) is 44.4 cm³/mol. The van der Waals surface area contributed by atoms with E-state index in [1.165, 1.54) is 0 Å². The lowest BCUT2D eigenvalue weighted by molar-refractivity contribution is 0.0703. The highest BCUT2D eigenvalue weighted by Crippen LogP contribution is 2.20. The Bertz CT molecular complexity index is 140. The average Bonchev–Trinajstić information content (AvgIpc) is 2.06. The van der Waals surface area contributed by atoms with Crippen LogP contribution in [0.1, 0.15) is 26.2 Å². The molecule has 0 aliphatic heterocycles. The van der Waals surface area contributed by atoms with Crippen LogP contribution in [0, 0.1) is 0 Å². The molecule has 0 aromatic carbocycles. The molecule has 0 radical (unpaired) electrons. The van der Waals surface area contributed by atoms with Crippen LogP contribution in [0.15, 0.2) is 11.8 Å². The van der Waals surface area contributed by atoms with E-state index in [1.807, 2.05) is 6.92 Å². The molecule has 1 aliphatic rings. The Labute approximate surface area is 68.2 Å². The van der Waals surface area contributed by atoms with Crippen molar-refractivity contribution in [1.29, 1.82) is 0 Å². The summed E-state index contributed by atoms with van der Waals surface area (Å²) < 4.78 is 10.6. The smallest absolute Gasteiger partial charge is 0.0945 e. The molecule has 0 heterocycles. The molecule has 0 fully saturated rings. The molecule has 0 saturated carbocycles. The number of hydrogen-bond donors (Lipinski definition) is 0. The maximum atomic E-state index is 5.40. The molecular formula is C9H16O2. The molecular weight excluding hydrogens is 140 g/mol. The molecule has 0 bridgehead atoms. The van der Waals surface area contributed by atoms with E-state index >= 15 is 0 Å². The molecule has 2 heteroatoms. The molecule has 0 N–H and O–H groups in total. The first-order valence-corrected chi connectivity index (χ1v) is 4.21. The molecule has 0 amide bonds. The third kappa shape index (κ3) is 2.54. The van der Waals surface area contributed by atoms with Gasteiger partial charge in [0.15, 0.2) is 0 Å². The van der Waals surface area contributed by atoms with Gasteiger partial charge < -0.3 is 9.47 Å². The molecule has 1 rings (SSSR count). The molecule has 64 valence electrons. The van der Waals surface area contributed by atoms with E-state index in [-0.39, 0.29) is 0 Å². The van der Waals surface area contributed by atoms with Gasteiger partial charge in [-0.05, 0) is 25.8 Å². The van der Waals surface area contributed by atoms with Crippen molar-refractivity contribution in [2.24, 2.45) is 0 Å². The van der Waals surface area contributed by atoms with Crippen LogP contribution in [0.5, 0.6) is 0 Å². The van der Waals surface area contributed by atoms with Crippen LogP contribution in [-0.2, 0) is 9.47 Å². The summed E-state index contributed by atoms with van der Waals surface area (Å²) in [5.74, 6) is 1.10. The molecule has 2 nitrogen and oxygen atoms in total. The first-order valence-electron chi connectivity index (χ1n) is 4.21. The van der Waals surface area contributed by atoms with Crippen molar-refractivity contribution in [2.45, 2.75) is 32.3 Å². The first kappa shape index (κ1) is 8.60. The maximum absolute atomic E-state index is 5.40. The zero-order valence-corrected chi connectivity index (χ0v) is 7.30. The van der Waals surface area contributed by atoms with Gasteiger partial charge in [-0.2, -0.15) is 0 Å². The molecule has 1 atom stereocenters. The summed E-state index contributed by atoms with van der Waals surface area (Å²) in [7, 11) is 1.76. The van der Waals surface area contributed by atoms with Gasteiger partial charge in [0.2, 0.25) is 0 Å². The molecule has 0 spiro atoms. The second-order valence-electron chi connectivity index (χ2n) is 2.74. The number of methoxy groups -OCH3 is 1. The Morgan fingerprint density at radius 1 is 1.64 bits per heavy atom. The number of ether oxygens (including phenoxy) is 2. The Hall–Kier alpha value is -0.500. The zero-order valence-electron chi connectivity index (χ0n) is 7.30. The second-order valence-corrected chi connectivity index (χ2v) is 2.74.